The molecule has 0 spiro atoms. The number of ether oxygens (including phenoxy) is 2. The van der Waals surface area contributed by atoms with Crippen molar-refractivity contribution in [2.24, 2.45) is 5.73 Å². The van der Waals surface area contributed by atoms with Crippen molar-refractivity contribution in [2.45, 2.75) is 55.5 Å². The first-order valence-electron chi connectivity index (χ1n) is 13.6. The number of aromatic nitrogens is 4. The number of fused-ring (bicyclic) bond motifs is 1. The fourth-order valence-corrected chi connectivity index (χ4v) is 6.68. The van der Waals surface area contributed by atoms with Crippen LogP contribution in [0.1, 0.15) is 15.3 Å². The average Bonchev–Trinajstić information content (AvgIpc) is 3.60. The van der Waals surface area contributed by atoms with E-state index in [1.807, 2.05) is 0 Å². The van der Waals surface area contributed by atoms with Gasteiger partial charge in [0.2, 0.25) is 12.1 Å². The minimum Gasteiger partial charge on any atom is -0.756 e. The van der Waals surface area contributed by atoms with E-state index < -0.39 is 95.8 Å². The predicted octanol–water partition coefficient (Wildman–Crippen LogP) is -7.73. The van der Waals surface area contributed by atoms with Crippen molar-refractivity contribution in [3.63, 3.8) is 0 Å². The van der Waals surface area contributed by atoms with Crippen LogP contribution in [-0.2, 0) is 36.8 Å². The summed E-state index contributed by atoms with van der Waals surface area (Å²) in [5.41, 5.74) is 10.8. The molecule has 3 aliphatic rings. The number of rotatable bonds is 11. The zero-order chi connectivity index (χ0) is 33.8. The van der Waals surface area contributed by atoms with E-state index in [0.29, 0.717) is 0 Å². The summed E-state index contributed by atoms with van der Waals surface area (Å²) in [6.45, 7) is -1.97. The summed E-state index contributed by atoms with van der Waals surface area (Å²) < 4.78 is 66.0. The van der Waals surface area contributed by atoms with Crippen LogP contribution in [0.15, 0.2) is 36.7 Å². The summed E-state index contributed by atoms with van der Waals surface area (Å²) in [6, 6.07) is 0. The predicted molar refractivity (Wildman–Crippen MR) is 139 cm³/mol. The van der Waals surface area contributed by atoms with Gasteiger partial charge in [0.15, 0.2) is 23.8 Å². The van der Waals surface area contributed by atoms with Gasteiger partial charge in [-0.3, -0.25) is 23.4 Å². The van der Waals surface area contributed by atoms with E-state index >= 15 is 0 Å². The number of phosphoric ester groups is 2. The maximum atomic E-state index is 12.4. The first-order valence-corrected chi connectivity index (χ1v) is 15.5. The molecule has 2 aromatic rings. The van der Waals surface area contributed by atoms with Gasteiger partial charge < -0.3 is 55.7 Å². The van der Waals surface area contributed by atoms with Gasteiger partial charge in [0.25, 0.3) is 7.82 Å². The first kappa shape index (κ1) is 33.2. The Morgan fingerprint density at radius 2 is 1.78 bits per heavy atom. The number of allylic oxidation sites excluding steroid dienone is 1. The molecule has 0 bridgehead atoms. The number of carbonyl (C=O) groups is 1. The number of hydrogen-bond acceptors (Lipinski definition) is 17. The Kier molecular flexibility index (Phi) is 10.5. The van der Waals surface area contributed by atoms with Crippen LogP contribution in [0.25, 0.3) is 11.2 Å². The number of aliphatic hydroxyl groups excluding tert-OH is 4. The van der Waals surface area contributed by atoms with Crippen molar-refractivity contribution in [3.05, 3.63) is 36.7 Å². The Morgan fingerprint density at radius 3 is 2.49 bits per heavy atom. The van der Waals surface area contributed by atoms with E-state index in [4.69, 9.17) is 23.7 Å². The Hall–Kier alpha value is -1.72. The Balaban J connectivity index is 0.00000500. The molecule has 0 aromatic carbocycles. The van der Waals surface area contributed by atoms with Crippen LogP contribution in [0.3, 0.4) is 0 Å². The van der Waals surface area contributed by atoms with Crippen LogP contribution in [0, 0.1) is 0 Å². The van der Waals surface area contributed by atoms with E-state index in [1.165, 1.54) is 17.1 Å². The van der Waals surface area contributed by atoms with Crippen LogP contribution in [-0.4, -0.2) is 107 Å². The van der Waals surface area contributed by atoms with Crippen molar-refractivity contribution in [1.82, 2.24) is 19.5 Å². The summed E-state index contributed by atoms with van der Waals surface area (Å²) in [5, 5.41) is 41.7. The van der Waals surface area contributed by atoms with Gasteiger partial charge >= 0.3 is 37.4 Å². The van der Waals surface area contributed by atoms with Crippen molar-refractivity contribution in [3.8, 4) is 0 Å². The number of carbonyl (C=O) groups excluding carboxylic acids is 1. The fourth-order valence-electron chi connectivity index (χ4n) is 4.62. The number of nitrogens with zero attached hydrogens (tertiary/aromatic N) is 4. The third-order valence-corrected chi connectivity index (χ3v) is 9.35. The first-order chi connectivity index (χ1) is 21.4. The number of quaternary nitrogens is 1. The van der Waals surface area contributed by atoms with Crippen LogP contribution < -0.4 is 50.8 Å². The van der Waals surface area contributed by atoms with Gasteiger partial charge in [-0.05, 0) is 6.08 Å². The van der Waals surface area contributed by atoms with E-state index in [0.717, 1.165) is 18.6 Å². The Bertz CT molecular complexity index is 1650. The maximum absolute atomic E-state index is 12.4. The van der Waals surface area contributed by atoms with Crippen molar-refractivity contribution in [2.75, 3.05) is 18.9 Å². The fraction of sp³-hybridized carbons (Fsp3) is 0.524. The minimum atomic E-state index is -5.67. The number of aliphatic hydroxyl groups is 4. The Labute approximate surface area is 278 Å². The van der Waals surface area contributed by atoms with Crippen molar-refractivity contribution >= 4 is 38.5 Å². The normalized spacial score (nSPS) is 36.0. The van der Waals surface area contributed by atoms with Gasteiger partial charge in [0.1, 0.15) is 48.6 Å². The van der Waals surface area contributed by atoms with Gasteiger partial charge in [0.05, 0.1) is 31.3 Å². The molecule has 1 amide bonds. The van der Waals surface area contributed by atoms with Crippen molar-refractivity contribution < 1.29 is 104 Å². The molecule has 10 N–H and O–H groups in total. The number of hydrogen-bond donors (Lipinski definition) is 8. The minimum absolute atomic E-state index is 0. The van der Waals surface area contributed by atoms with Crippen LogP contribution in [0.5, 0.6) is 0 Å². The van der Waals surface area contributed by atoms with Gasteiger partial charge in [0, 0.05) is 9.11 Å². The number of primary amides is 1. The van der Waals surface area contributed by atoms with Gasteiger partial charge in [-0.2, -0.15) is 0 Å². The molecule has 3 aliphatic heterocycles. The second kappa shape index (κ2) is 14.2. The number of nitrogens with one attached hydrogen (secondary N) is 1. The molecule has 242 valence electrons. The second-order valence-corrected chi connectivity index (χ2v) is 12.7. The topological polar surface area (TPSA) is 322 Å². The van der Waals surface area contributed by atoms with E-state index in [9.17, 15) is 44.1 Å². The van der Waals surface area contributed by atoms with E-state index in [2.05, 4.69) is 28.3 Å². The number of nitrogens with two attached hydrogens (primary N) is 2. The van der Waals surface area contributed by atoms with E-state index in [1.54, 1.807) is 0 Å². The van der Waals surface area contributed by atoms with E-state index in [-0.39, 0.29) is 51.4 Å². The average molecular weight is 690 g/mol. The molecule has 5 rings (SSSR count). The monoisotopic (exact) mass is 690 g/mol. The molecule has 11 atom stereocenters. The molecule has 2 saturated heterocycles. The van der Waals surface area contributed by atoms with Crippen LogP contribution >= 0.6 is 15.6 Å². The SMILES string of the molecule is [2H]C1([2H])C=C[NH+]([C@@H]2O[C@H](COP(=O)([O-])OP(=O)(O)OC[C@H]3O[C@@H](n4cnc5c(N)ncnc54)[C@H](O)[C@@H]3O)[C@@H](O)[C@H]2O)C=C1C(N)=O.[Na+]. The Morgan fingerprint density at radius 1 is 1.11 bits per heavy atom. The van der Waals surface area contributed by atoms with Crippen LogP contribution in [0.2, 0.25) is 0 Å². The van der Waals surface area contributed by atoms with Gasteiger partial charge in [-0.15, -0.1) is 0 Å². The molecule has 2 fully saturated rings. The quantitative estimate of drug-likeness (QED) is 0.0801. The van der Waals surface area contributed by atoms with Gasteiger partial charge in [-0.25, -0.2) is 23.8 Å². The second-order valence-electron chi connectivity index (χ2n) is 9.69. The van der Waals surface area contributed by atoms with Crippen LogP contribution in [0.4, 0.5) is 5.82 Å². The number of nitrogen functional groups attached to an aromatic ring is 1. The maximum Gasteiger partial charge on any atom is 1.00 e. The smallest absolute Gasteiger partial charge is 0.756 e. The third kappa shape index (κ3) is 7.88. The molecule has 21 nitrogen and oxygen atoms in total. The molecule has 0 saturated carbocycles. The molecule has 24 heteroatoms. The van der Waals surface area contributed by atoms with Gasteiger partial charge in [-0.1, -0.05) is 0 Å². The number of amides is 1. The molecule has 2 aromatic heterocycles. The summed E-state index contributed by atoms with van der Waals surface area (Å²) >= 11 is 0. The molecular formula is C21H29N7NaO14P2+. The molecular weight excluding hydrogens is 659 g/mol. The summed E-state index contributed by atoms with van der Waals surface area (Å²) in [7, 11) is -11.1. The largest absolute Gasteiger partial charge is 1.00 e. The molecule has 3 unspecified atom stereocenters. The summed E-state index contributed by atoms with van der Waals surface area (Å²) in [4.78, 5) is 45.8. The number of imidazole rings is 1. The molecule has 45 heavy (non-hydrogen) atoms. The summed E-state index contributed by atoms with van der Waals surface area (Å²) in [5.74, 6) is -1.05. The molecule has 0 radical (unpaired) electrons. The number of phosphoric acid groups is 2. The standard InChI is InChI=1S/C21H29N7O14P2.Na/c22-17-12-19(25-7-24-17)28(8-26-12)21-16(32)14(30)11(41-21)6-39-44(36,37)42-43(34,35)38-5-10-13(29)15(31)20(40-10)27-3-1-2-9(4-27)18(23)33;/h1,3-4,7-8,10-11,13-16,20-21,29-32H,2,5-6H2,(H2,23,33)(H,34,35)(H,36,37)(H2,22,24,25);/q;+1/t10-,11-,13-,14-,15-,16-,20-,21-;/m1./s1/i2D2;. The zero-order valence-corrected chi connectivity index (χ0v) is 27.0. The summed E-state index contributed by atoms with van der Waals surface area (Å²) in [6.07, 6.45) is -9.14. The molecule has 5 heterocycles. The third-order valence-electron chi connectivity index (χ3n) is 6.78. The number of anilines is 1. The van der Waals surface area contributed by atoms with Crippen molar-refractivity contribution in [1.29, 1.82) is 0 Å². The zero-order valence-electron chi connectivity index (χ0n) is 25.2. The molecule has 0 aliphatic carbocycles.